The topological polar surface area (TPSA) is 23.5 Å². The molecule has 88 valence electrons. The normalized spacial score (nSPS) is 10.6. The van der Waals surface area contributed by atoms with Gasteiger partial charge in [-0.25, -0.2) is 4.39 Å². The molecule has 0 aromatic heterocycles. The predicted molar refractivity (Wildman–Crippen MR) is 65.0 cm³/mol. The van der Waals surface area contributed by atoms with E-state index in [-0.39, 0.29) is 18.5 Å². The molecule has 0 bridgehead atoms. The highest BCUT2D eigenvalue weighted by Gasteiger charge is 2.16. The Morgan fingerprint density at radius 1 is 1.50 bits per heavy atom. The smallest absolute Gasteiger partial charge is 0.146 e. The van der Waals surface area contributed by atoms with E-state index in [4.69, 9.17) is 0 Å². The number of hydrogen-bond acceptors (Lipinski definition) is 2. The van der Waals surface area contributed by atoms with Gasteiger partial charge in [0.05, 0.1) is 12.3 Å². The Labute approximate surface area is 96.0 Å². The monoisotopic (exact) mass is 223 g/mol. The van der Waals surface area contributed by atoms with Crippen LogP contribution in [0.25, 0.3) is 0 Å². The summed E-state index contributed by atoms with van der Waals surface area (Å²) in [6, 6.07) is 4.90. The Hall–Kier alpha value is -1.35. The SMILES string of the molecule is C=CCN(c1c(F)cccc1CO)C(C)C. The lowest BCUT2D eigenvalue weighted by Gasteiger charge is -2.29. The third-order valence-corrected chi connectivity index (χ3v) is 2.48. The third kappa shape index (κ3) is 2.61. The van der Waals surface area contributed by atoms with E-state index in [2.05, 4.69) is 6.58 Å². The van der Waals surface area contributed by atoms with E-state index in [1.807, 2.05) is 18.7 Å². The van der Waals surface area contributed by atoms with Crippen LogP contribution in [-0.4, -0.2) is 17.7 Å². The lowest BCUT2D eigenvalue weighted by atomic mass is 10.1. The lowest BCUT2D eigenvalue weighted by Crippen LogP contribution is -2.32. The van der Waals surface area contributed by atoms with Crippen molar-refractivity contribution in [3.05, 3.63) is 42.2 Å². The molecule has 3 heteroatoms. The van der Waals surface area contributed by atoms with Gasteiger partial charge in [-0.1, -0.05) is 18.2 Å². The first-order valence-electron chi connectivity index (χ1n) is 5.37. The molecule has 0 amide bonds. The number of nitrogens with zero attached hydrogens (tertiary/aromatic N) is 1. The fourth-order valence-electron chi connectivity index (χ4n) is 1.71. The van der Waals surface area contributed by atoms with Gasteiger partial charge in [-0.15, -0.1) is 6.58 Å². The molecule has 2 nitrogen and oxygen atoms in total. The molecule has 16 heavy (non-hydrogen) atoms. The Kier molecular flexibility index (Phi) is 4.50. The molecule has 0 saturated heterocycles. The zero-order chi connectivity index (χ0) is 12.1. The molecule has 0 fully saturated rings. The number of rotatable bonds is 5. The van der Waals surface area contributed by atoms with Crippen molar-refractivity contribution in [2.24, 2.45) is 0 Å². The highest BCUT2D eigenvalue weighted by molar-refractivity contribution is 5.55. The molecule has 0 aliphatic carbocycles. The second kappa shape index (κ2) is 5.66. The van der Waals surface area contributed by atoms with Crippen LogP contribution in [0.1, 0.15) is 19.4 Å². The van der Waals surface area contributed by atoms with Gasteiger partial charge in [-0.05, 0) is 19.9 Å². The van der Waals surface area contributed by atoms with Crippen molar-refractivity contribution in [3.63, 3.8) is 0 Å². The maximum Gasteiger partial charge on any atom is 0.146 e. The van der Waals surface area contributed by atoms with E-state index in [0.717, 1.165) is 0 Å². The molecule has 0 saturated carbocycles. The van der Waals surface area contributed by atoms with Crippen LogP contribution < -0.4 is 4.90 Å². The second-order valence-electron chi connectivity index (χ2n) is 3.94. The van der Waals surface area contributed by atoms with Crippen LogP contribution in [0, 0.1) is 5.82 Å². The van der Waals surface area contributed by atoms with E-state index in [1.54, 1.807) is 18.2 Å². The third-order valence-electron chi connectivity index (χ3n) is 2.48. The van der Waals surface area contributed by atoms with Crippen LogP contribution in [0.15, 0.2) is 30.9 Å². The minimum absolute atomic E-state index is 0.153. The Balaban J connectivity index is 3.21. The van der Waals surface area contributed by atoms with Crippen molar-refractivity contribution in [2.45, 2.75) is 26.5 Å². The van der Waals surface area contributed by atoms with Crippen LogP contribution in [0.4, 0.5) is 10.1 Å². The van der Waals surface area contributed by atoms with Gasteiger partial charge >= 0.3 is 0 Å². The molecule has 1 aromatic carbocycles. The van der Waals surface area contributed by atoms with Crippen molar-refractivity contribution >= 4 is 5.69 Å². The van der Waals surface area contributed by atoms with E-state index >= 15 is 0 Å². The lowest BCUT2D eigenvalue weighted by molar-refractivity contribution is 0.281. The molecule has 1 aromatic rings. The molecular formula is C13H18FNO. The van der Waals surface area contributed by atoms with Crippen molar-refractivity contribution in [1.29, 1.82) is 0 Å². The zero-order valence-electron chi connectivity index (χ0n) is 9.78. The fraction of sp³-hybridized carbons (Fsp3) is 0.385. The number of anilines is 1. The molecule has 0 spiro atoms. The maximum atomic E-state index is 13.8. The van der Waals surface area contributed by atoms with Crippen LogP contribution in [0.5, 0.6) is 0 Å². The summed E-state index contributed by atoms with van der Waals surface area (Å²) < 4.78 is 13.8. The molecular weight excluding hydrogens is 205 g/mol. The number of aliphatic hydroxyl groups is 1. The largest absolute Gasteiger partial charge is 0.392 e. The van der Waals surface area contributed by atoms with Crippen LogP contribution in [0.2, 0.25) is 0 Å². The minimum atomic E-state index is -0.304. The second-order valence-corrected chi connectivity index (χ2v) is 3.94. The van der Waals surface area contributed by atoms with Gasteiger partial charge in [0.15, 0.2) is 0 Å². The van der Waals surface area contributed by atoms with Gasteiger partial charge in [0.1, 0.15) is 5.82 Å². The number of halogens is 1. The van der Waals surface area contributed by atoms with E-state index < -0.39 is 0 Å². The Bertz CT molecular complexity index is 363. The van der Waals surface area contributed by atoms with Crippen molar-refractivity contribution < 1.29 is 9.50 Å². The molecule has 0 unspecified atom stereocenters. The first kappa shape index (κ1) is 12.7. The Morgan fingerprint density at radius 3 is 2.69 bits per heavy atom. The standard InChI is InChI=1S/C13H18FNO/c1-4-8-15(10(2)3)13-11(9-16)6-5-7-12(13)14/h4-7,10,16H,1,8-9H2,2-3H3. The average Bonchev–Trinajstić information content (AvgIpc) is 2.26. The molecule has 1 rings (SSSR count). The number of para-hydroxylation sites is 1. The highest BCUT2D eigenvalue weighted by Crippen LogP contribution is 2.26. The maximum absolute atomic E-state index is 13.8. The summed E-state index contributed by atoms with van der Waals surface area (Å²) in [5.41, 5.74) is 1.08. The zero-order valence-corrected chi connectivity index (χ0v) is 9.78. The minimum Gasteiger partial charge on any atom is -0.392 e. The molecule has 1 N–H and O–H groups in total. The summed E-state index contributed by atoms with van der Waals surface area (Å²) in [5, 5.41) is 9.22. The molecule has 0 aliphatic heterocycles. The predicted octanol–water partition coefficient (Wildman–Crippen LogP) is 2.72. The average molecular weight is 223 g/mol. The first-order valence-corrected chi connectivity index (χ1v) is 5.37. The molecule has 0 heterocycles. The van der Waals surface area contributed by atoms with E-state index in [9.17, 15) is 9.50 Å². The molecule has 0 radical (unpaired) electrons. The Morgan fingerprint density at radius 2 is 2.19 bits per heavy atom. The van der Waals surface area contributed by atoms with Crippen molar-refractivity contribution in [3.8, 4) is 0 Å². The van der Waals surface area contributed by atoms with Gasteiger partial charge < -0.3 is 10.0 Å². The van der Waals surface area contributed by atoms with Gasteiger partial charge in [-0.3, -0.25) is 0 Å². The van der Waals surface area contributed by atoms with Crippen LogP contribution in [0.3, 0.4) is 0 Å². The van der Waals surface area contributed by atoms with Gasteiger partial charge in [0.2, 0.25) is 0 Å². The summed E-state index contributed by atoms with van der Waals surface area (Å²) in [5.74, 6) is -0.304. The van der Waals surface area contributed by atoms with Gasteiger partial charge in [0, 0.05) is 18.2 Å². The first-order chi connectivity index (χ1) is 7.61. The van der Waals surface area contributed by atoms with E-state index in [0.29, 0.717) is 17.8 Å². The number of benzene rings is 1. The summed E-state index contributed by atoms with van der Waals surface area (Å²) in [6.07, 6.45) is 1.73. The summed E-state index contributed by atoms with van der Waals surface area (Å²) in [4.78, 5) is 1.88. The molecule has 0 aliphatic rings. The summed E-state index contributed by atoms with van der Waals surface area (Å²) in [6.45, 7) is 8.04. The van der Waals surface area contributed by atoms with Crippen LogP contribution >= 0.6 is 0 Å². The van der Waals surface area contributed by atoms with Gasteiger partial charge in [0.25, 0.3) is 0 Å². The van der Waals surface area contributed by atoms with Crippen molar-refractivity contribution in [2.75, 3.05) is 11.4 Å². The number of hydrogen-bond donors (Lipinski definition) is 1. The fourth-order valence-corrected chi connectivity index (χ4v) is 1.71. The highest BCUT2D eigenvalue weighted by atomic mass is 19.1. The van der Waals surface area contributed by atoms with Crippen LogP contribution in [-0.2, 0) is 6.61 Å². The van der Waals surface area contributed by atoms with E-state index in [1.165, 1.54) is 6.07 Å². The molecule has 0 atom stereocenters. The van der Waals surface area contributed by atoms with Crippen molar-refractivity contribution in [1.82, 2.24) is 0 Å². The summed E-state index contributed by atoms with van der Waals surface area (Å²) >= 11 is 0. The summed E-state index contributed by atoms with van der Waals surface area (Å²) in [7, 11) is 0. The number of aliphatic hydroxyl groups excluding tert-OH is 1. The quantitative estimate of drug-likeness (QED) is 0.776. The van der Waals surface area contributed by atoms with Gasteiger partial charge in [-0.2, -0.15) is 0 Å².